The maximum Gasteiger partial charge on any atom is 0.508 e. The first-order valence-electron chi connectivity index (χ1n) is 14.0. The van der Waals surface area contributed by atoms with Crippen molar-refractivity contribution in [1.82, 2.24) is 4.90 Å². The van der Waals surface area contributed by atoms with E-state index in [0.717, 1.165) is 11.1 Å². The first-order chi connectivity index (χ1) is 21.1. The van der Waals surface area contributed by atoms with Crippen molar-refractivity contribution in [2.24, 2.45) is 10.5 Å². The average molecular weight is 638 g/mol. The first kappa shape index (κ1) is 36.1. The van der Waals surface area contributed by atoms with Gasteiger partial charge in [0.15, 0.2) is 0 Å². The van der Waals surface area contributed by atoms with Crippen molar-refractivity contribution in [1.29, 1.82) is 0 Å². The zero-order valence-corrected chi connectivity index (χ0v) is 25.8. The first-order valence-corrected chi connectivity index (χ1v) is 15.5. The van der Waals surface area contributed by atoms with Crippen LogP contribution >= 0.6 is 7.75 Å². The number of nitrogens with zero attached hydrogens (tertiary/aromatic N) is 2. The van der Waals surface area contributed by atoms with Crippen LogP contribution in [0.25, 0.3) is 0 Å². The number of hydrogen-bond acceptors (Lipinski definition) is 10. The number of carbonyl (C=O) groups is 3. The van der Waals surface area contributed by atoms with E-state index in [1.54, 1.807) is 24.3 Å². The number of likely N-dealkylation sites (N-methyl/N-ethyl adjacent to an activating group) is 1. The molecule has 1 unspecified atom stereocenters. The van der Waals surface area contributed by atoms with E-state index in [-0.39, 0.29) is 64.9 Å². The van der Waals surface area contributed by atoms with Crippen LogP contribution in [-0.4, -0.2) is 73.8 Å². The Labute approximate surface area is 256 Å². The Morgan fingerprint density at radius 3 is 1.68 bits per heavy atom. The Morgan fingerprint density at radius 1 is 0.818 bits per heavy atom. The van der Waals surface area contributed by atoms with Gasteiger partial charge in [0.1, 0.15) is 19.3 Å². The second kappa shape index (κ2) is 19.9. The van der Waals surface area contributed by atoms with Crippen molar-refractivity contribution in [3.8, 4) is 0 Å². The van der Waals surface area contributed by atoms with E-state index in [1.165, 1.54) is 11.9 Å². The molecule has 0 saturated carbocycles. The topological polar surface area (TPSA) is 186 Å². The fraction of sp³-hybridized carbons (Fsp3) is 0.448. The molecule has 44 heavy (non-hydrogen) atoms. The number of guanidine groups is 1. The minimum Gasteiger partial charge on any atom is -0.480 e. The van der Waals surface area contributed by atoms with Gasteiger partial charge in [-0.05, 0) is 17.5 Å². The second-order valence-electron chi connectivity index (χ2n) is 9.30. The lowest BCUT2D eigenvalue weighted by Gasteiger charge is -2.26. The fourth-order valence-corrected chi connectivity index (χ4v) is 4.81. The van der Waals surface area contributed by atoms with Crippen LogP contribution in [0.3, 0.4) is 0 Å². The Hall–Kier alpha value is -4.13. The smallest absolute Gasteiger partial charge is 0.480 e. The maximum absolute atomic E-state index is 13.4. The predicted octanol–water partition coefficient (Wildman–Crippen LogP) is 5.11. The van der Waals surface area contributed by atoms with Gasteiger partial charge in [0.05, 0.1) is 26.4 Å². The number of benzene rings is 2. The van der Waals surface area contributed by atoms with Gasteiger partial charge in [-0.2, -0.15) is 0 Å². The molecular formula is C29H40N3O11P. The molecule has 0 spiro atoms. The van der Waals surface area contributed by atoms with Crippen molar-refractivity contribution in [2.75, 3.05) is 33.5 Å². The van der Waals surface area contributed by atoms with Crippen LogP contribution in [0, 0.1) is 0 Å². The summed E-state index contributed by atoms with van der Waals surface area (Å²) in [7, 11) is -2.86. The summed E-state index contributed by atoms with van der Waals surface area (Å²) in [5, 5.41) is 9.53. The minimum atomic E-state index is -4.27. The van der Waals surface area contributed by atoms with Gasteiger partial charge < -0.3 is 34.7 Å². The summed E-state index contributed by atoms with van der Waals surface area (Å²) in [6.07, 6.45) is -0.707. The third-order valence-electron chi connectivity index (χ3n) is 5.83. The Morgan fingerprint density at radius 2 is 1.27 bits per heavy atom. The molecule has 0 aliphatic carbocycles. The van der Waals surface area contributed by atoms with E-state index < -0.39 is 32.1 Å². The molecule has 242 valence electrons. The van der Waals surface area contributed by atoms with E-state index in [2.05, 4.69) is 4.76 Å². The summed E-state index contributed by atoms with van der Waals surface area (Å²) in [4.78, 5) is 36.5. The lowest BCUT2D eigenvalue weighted by Crippen LogP contribution is -2.46. The van der Waals surface area contributed by atoms with E-state index >= 15 is 0 Å². The molecular weight excluding hydrogens is 597 g/mol. The molecule has 0 fully saturated rings. The number of rotatable bonds is 19. The molecule has 14 nitrogen and oxygen atoms in total. The Kier molecular flexibility index (Phi) is 16.3. The van der Waals surface area contributed by atoms with Crippen molar-refractivity contribution in [2.45, 2.75) is 51.9 Å². The highest BCUT2D eigenvalue weighted by atomic mass is 31.2. The van der Waals surface area contributed by atoms with Crippen LogP contribution in [0.15, 0.2) is 65.4 Å². The van der Waals surface area contributed by atoms with Crippen LogP contribution in [-0.2, 0) is 50.6 Å². The number of nitrogens with two attached hydrogens (primary N) is 1. The lowest BCUT2D eigenvalue weighted by molar-refractivity contribution is -0.141. The zero-order chi connectivity index (χ0) is 32.2. The number of carbonyl (C=O) groups excluding carboxylic acids is 2. The van der Waals surface area contributed by atoms with Crippen molar-refractivity contribution in [3.63, 3.8) is 0 Å². The molecule has 0 aliphatic heterocycles. The quantitative estimate of drug-likeness (QED) is 0.0681. The molecule has 2 aromatic carbocycles. The standard InChI is InChI=1S/C29H40N3O11P/c1-3-12-25(26(33)34)32(2)27(30)31-44(37,42-19-10-17-38-28(35)40-21-23-13-6-4-7-14-23)43-20-11-18-39-29(36)41-22-24-15-8-5-9-16-24/h4-9,13-16,25H,3,10-12,17-22H2,1-2H3,(H,33,34)(H2,30,31,37). The van der Waals surface area contributed by atoms with Crippen molar-refractivity contribution >= 4 is 32.0 Å². The Balaban J connectivity index is 1.86. The number of carboxylic acid groups (broad SMARTS) is 1. The van der Waals surface area contributed by atoms with Gasteiger partial charge in [0, 0.05) is 19.9 Å². The highest BCUT2D eigenvalue weighted by Gasteiger charge is 2.29. The molecule has 0 heterocycles. The van der Waals surface area contributed by atoms with Crippen LogP contribution in [0.2, 0.25) is 0 Å². The molecule has 0 radical (unpaired) electrons. The number of carboxylic acids is 1. The Bertz CT molecular complexity index is 1160. The summed E-state index contributed by atoms with van der Waals surface area (Å²) >= 11 is 0. The number of hydrogen-bond donors (Lipinski definition) is 2. The minimum absolute atomic E-state index is 0.0462. The molecule has 0 aromatic heterocycles. The van der Waals surface area contributed by atoms with Crippen LogP contribution < -0.4 is 5.73 Å². The molecule has 0 amide bonds. The molecule has 2 rings (SSSR count). The van der Waals surface area contributed by atoms with Crippen LogP contribution in [0.1, 0.15) is 43.7 Å². The molecule has 15 heteroatoms. The van der Waals surface area contributed by atoms with Gasteiger partial charge in [0.25, 0.3) is 0 Å². The van der Waals surface area contributed by atoms with E-state index in [0.29, 0.717) is 6.42 Å². The molecule has 0 aliphatic rings. The predicted molar refractivity (Wildman–Crippen MR) is 160 cm³/mol. The summed E-state index contributed by atoms with van der Waals surface area (Å²) < 4.78 is 48.2. The average Bonchev–Trinajstić information content (AvgIpc) is 3.01. The van der Waals surface area contributed by atoms with Gasteiger partial charge in [-0.3, -0.25) is 9.05 Å². The summed E-state index contributed by atoms with van der Waals surface area (Å²) in [6, 6.07) is 17.1. The van der Waals surface area contributed by atoms with Gasteiger partial charge in [-0.1, -0.05) is 74.0 Å². The third-order valence-corrected chi connectivity index (χ3v) is 7.29. The summed E-state index contributed by atoms with van der Waals surface area (Å²) in [6.45, 7) is 1.28. The monoisotopic (exact) mass is 637 g/mol. The van der Waals surface area contributed by atoms with Crippen molar-refractivity contribution < 1.29 is 52.1 Å². The maximum atomic E-state index is 13.4. The van der Waals surface area contributed by atoms with Gasteiger partial charge >= 0.3 is 26.0 Å². The molecule has 1 atom stereocenters. The van der Waals surface area contributed by atoms with Gasteiger partial charge in [0.2, 0.25) is 5.96 Å². The zero-order valence-electron chi connectivity index (χ0n) is 24.9. The highest BCUT2D eigenvalue weighted by Crippen LogP contribution is 2.50. The van der Waals surface area contributed by atoms with E-state index in [4.69, 9.17) is 33.7 Å². The molecule has 3 N–H and O–H groups in total. The fourth-order valence-electron chi connectivity index (χ4n) is 3.51. The largest absolute Gasteiger partial charge is 0.508 e. The van der Waals surface area contributed by atoms with Crippen LogP contribution in [0.5, 0.6) is 0 Å². The van der Waals surface area contributed by atoms with Crippen molar-refractivity contribution in [3.05, 3.63) is 71.8 Å². The van der Waals surface area contributed by atoms with Gasteiger partial charge in [-0.25, -0.2) is 18.9 Å². The van der Waals surface area contributed by atoms with E-state index in [9.17, 15) is 24.1 Å². The number of ether oxygens (including phenoxy) is 4. The second-order valence-corrected chi connectivity index (χ2v) is 11.0. The number of aliphatic carboxylic acids is 1. The summed E-state index contributed by atoms with van der Waals surface area (Å²) in [5.74, 6) is -1.49. The van der Waals surface area contributed by atoms with Gasteiger partial charge in [-0.15, -0.1) is 4.76 Å². The molecule has 0 saturated heterocycles. The van der Waals surface area contributed by atoms with Crippen LogP contribution in [0.4, 0.5) is 9.59 Å². The third kappa shape index (κ3) is 14.4. The SMILES string of the molecule is CCCC(C(=O)O)N(C)C(N)=NP(=O)(OCCCOC(=O)OCc1ccccc1)OCCCOC(=O)OCc1ccccc1. The van der Waals surface area contributed by atoms with E-state index in [1.807, 2.05) is 43.3 Å². The summed E-state index contributed by atoms with van der Waals surface area (Å²) in [5.41, 5.74) is 7.58. The highest BCUT2D eigenvalue weighted by molar-refractivity contribution is 7.52. The molecule has 0 bridgehead atoms. The normalized spacial score (nSPS) is 12.2. The molecule has 2 aromatic rings. The lowest BCUT2D eigenvalue weighted by atomic mass is 10.1.